The molecular formula is C14H14N2O2S. The maximum atomic E-state index is 11.9. The van der Waals surface area contributed by atoms with Crippen molar-refractivity contribution in [3.63, 3.8) is 0 Å². The molecule has 2 N–H and O–H groups in total. The fourth-order valence-electron chi connectivity index (χ4n) is 1.65. The summed E-state index contributed by atoms with van der Waals surface area (Å²) in [5, 5.41) is 5.54. The van der Waals surface area contributed by atoms with Gasteiger partial charge in [-0.2, -0.15) is 0 Å². The Balaban J connectivity index is 2.11. The van der Waals surface area contributed by atoms with E-state index in [0.717, 1.165) is 16.0 Å². The summed E-state index contributed by atoms with van der Waals surface area (Å²) in [6.07, 6.45) is 0. The highest BCUT2D eigenvalue weighted by Crippen LogP contribution is 2.12. The fourth-order valence-corrected chi connectivity index (χ4v) is 2.27. The Morgan fingerprint density at radius 3 is 2.74 bits per heavy atom. The van der Waals surface area contributed by atoms with Crippen LogP contribution in [0, 0.1) is 13.8 Å². The van der Waals surface area contributed by atoms with Crippen LogP contribution < -0.4 is 5.73 Å². The van der Waals surface area contributed by atoms with Crippen LogP contribution in [0.4, 0.5) is 0 Å². The van der Waals surface area contributed by atoms with Gasteiger partial charge in [-0.3, -0.25) is 0 Å². The number of aryl methyl sites for hydroxylation is 2. The van der Waals surface area contributed by atoms with Crippen molar-refractivity contribution in [2.45, 2.75) is 13.8 Å². The van der Waals surface area contributed by atoms with E-state index in [0.29, 0.717) is 5.56 Å². The molecule has 4 nitrogen and oxygen atoms in total. The first kappa shape index (κ1) is 13.3. The van der Waals surface area contributed by atoms with Crippen molar-refractivity contribution in [3.8, 4) is 0 Å². The van der Waals surface area contributed by atoms with Crippen LogP contribution in [0.5, 0.6) is 0 Å². The highest BCUT2D eigenvalue weighted by molar-refractivity contribution is 7.12. The molecule has 0 radical (unpaired) electrons. The predicted molar refractivity (Wildman–Crippen MR) is 76.4 cm³/mol. The van der Waals surface area contributed by atoms with E-state index >= 15 is 0 Å². The zero-order valence-electron chi connectivity index (χ0n) is 10.7. The molecule has 0 spiro atoms. The lowest BCUT2D eigenvalue weighted by Crippen LogP contribution is -2.14. The van der Waals surface area contributed by atoms with E-state index in [1.165, 1.54) is 11.3 Å². The average molecular weight is 274 g/mol. The molecule has 0 amide bonds. The molecule has 0 aliphatic heterocycles. The molecule has 2 aromatic rings. The minimum atomic E-state index is -0.503. The largest absolute Gasteiger partial charge is 0.380 e. The number of hydrogen-bond acceptors (Lipinski definition) is 4. The lowest BCUT2D eigenvalue weighted by molar-refractivity contribution is 0.0515. The second-order valence-corrected chi connectivity index (χ2v) is 5.10. The number of nitrogens with two attached hydrogens (primary N) is 1. The molecule has 0 aliphatic carbocycles. The maximum Gasteiger partial charge on any atom is 0.366 e. The number of carbonyl (C=O) groups is 1. The summed E-state index contributed by atoms with van der Waals surface area (Å²) >= 11 is 1.44. The molecule has 98 valence electrons. The van der Waals surface area contributed by atoms with Crippen molar-refractivity contribution in [2.75, 3.05) is 0 Å². The summed E-state index contributed by atoms with van der Waals surface area (Å²) in [5.41, 5.74) is 8.15. The molecule has 1 aromatic carbocycles. The summed E-state index contributed by atoms with van der Waals surface area (Å²) in [5.74, 6) is -0.301. The second kappa shape index (κ2) is 5.67. The molecule has 0 fully saturated rings. The minimum absolute atomic E-state index is 0.202. The Kier molecular flexibility index (Phi) is 3.97. The molecule has 19 heavy (non-hydrogen) atoms. The van der Waals surface area contributed by atoms with Gasteiger partial charge in [0.05, 0.1) is 10.4 Å². The number of carbonyl (C=O) groups excluding carboxylic acids is 1. The van der Waals surface area contributed by atoms with E-state index in [4.69, 9.17) is 10.6 Å². The summed E-state index contributed by atoms with van der Waals surface area (Å²) in [6, 6.07) is 9.17. The normalized spacial score (nSPS) is 11.4. The predicted octanol–water partition coefficient (Wildman–Crippen LogP) is 2.84. The Morgan fingerprint density at radius 2 is 2.11 bits per heavy atom. The smallest absolute Gasteiger partial charge is 0.366 e. The zero-order chi connectivity index (χ0) is 13.8. The van der Waals surface area contributed by atoms with Crippen molar-refractivity contribution in [3.05, 3.63) is 57.3 Å². The Labute approximate surface area is 115 Å². The van der Waals surface area contributed by atoms with Gasteiger partial charge in [-0.05, 0) is 36.9 Å². The second-order valence-electron chi connectivity index (χ2n) is 4.15. The molecule has 0 saturated carbocycles. The Hall–Kier alpha value is -2.14. The quantitative estimate of drug-likeness (QED) is 0.405. The van der Waals surface area contributed by atoms with Crippen LogP contribution in [0.15, 0.2) is 40.9 Å². The third kappa shape index (κ3) is 3.20. The summed E-state index contributed by atoms with van der Waals surface area (Å²) in [6.45, 7) is 3.82. The van der Waals surface area contributed by atoms with Gasteiger partial charge in [0.25, 0.3) is 0 Å². The molecule has 0 unspecified atom stereocenters. The van der Waals surface area contributed by atoms with Crippen LogP contribution in [-0.2, 0) is 4.84 Å². The summed E-state index contributed by atoms with van der Waals surface area (Å²) in [4.78, 5) is 17.5. The Bertz CT molecular complexity index is 618. The van der Waals surface area contributed by atoms with Crippen LogP contribution in [0.1, 0.15) is 26.4 Å². The van der Waals surface area contributed by atoms with E-state index in [1.54, 1.807) is 6.07 Å². The van der Waals surface area contributed by atoms with Crippen molar-refractivity contribution in [1.29, 1.82) is 0 Å². The average Bonchev–Trinajstić information content (AvgIpc) is 2.89. The number of oxime groups is 1. The summed E-state index contributed by atoms with van der Waals surface area (Å²) in [7, 11) is 0. The van der Waals surface area contributed by atoms with E-state index in [9.17, 15) is 4.79 Å². The van der Waals surface area contributed by atoms with Gasteiger partial charge in [0.1, 0.15) is 0 Å². The van der Waals surface area contributed by atoms with E-state index in [2.05, 4.69) is 5.16 Å². The lowest BCUT2D eigenvalue weighted by atomic mass is 10.1. The SMILES string of the molecule is Cc1ccc(C(=O)O/N=C(\N)c2cccs2)c(C)c1. The topological polar surface area (TPSA) is 64.7 Å². The molecule has 5 heteroatoms. The van der Waals surface area contributed by atoms with Gasteiger partial charge >= 0.3 is 5.97 Å². The van der Waals surface area contributed by atoms with Gasteiger partial charge in [-0.15, -0.1) is 11.3 Å². The van der Waals surface area contributed by atoms with Gasteiger partial charge in [0, 0.05) is 0 Å². The first-order valence-corrected chi connectivity index (χ1v) is 6.62. The van der Waals surface area contributed by atoms with Crippen molar-refractivity contribution >= 4 is 23.1 Å². The Morgan fingerprint density at radius 1 is 1.32 bits per heavy atom. The molecule has 2 rings (SSSR count). The molecule has 1 aromatic heterocycles. The molecule has 0 atom stereocenters. The zero-order valence-corrected chi connectivity index (χ0v) is 11.5. The highest BCUT2D eigenvalue weighted by Gasteiger charge is 2.11. The van der Waals surface area contributed by atoms with Gasteiger partial charge in [0.2, 0.25) is 0 Å². The maximum absolute atomic E-state index is 11.9. The number of hydrogen-bond donors (Lipinski definition) is 1. The first-order chi connectivity index (χ1) is 9.08. The van der Waals surface area contributed by atoms with Crippen LogP contribution in [0.25, 0.3) is 0 Å². The molecule has 1 heterocycles. The van der Waals surface area contributed by atoms with Crippen LogP contribution in [0.3, 0.4) is 0 Å². The highest BCUT2D eigenvalue weighted by atomic mass is 32.1. The van der Waals surface area contributed by atoms with Crippen molar-refractivity contribution < 1.29 is 9.63 Å². The molecule has 0 bridgehead atoms. The number of nitrogens with zero attached hydrogens (tertiary/aromatic N) is 1. The van der Waals surface area contributed by atoms with E-state index in [1.807, 2.05) is 43.5 Å². The third-order valence-electron chi connectivity index (χ3n) is 2.60. The van der Waals surface area contributed by atoms with Crippen LogP contribution in [0.2, 0.25) is 0 Å². The van der Waals surface area contributed by atoms with Gasteiger partial charge in [0.15, 0.2) is 5.84 Å². The van der Waals surface area contributed by atoms with Crippen molar-refractivity contribution in [2.24, 2.45) is 10.9 Å². The fraction of sp³-hybridized carbons (Fsp3) is 0.143. The number of rotatable bonds is 3. The lowest BCUT2D eigenvalue weighted by Gasteiger charge is -2.04. The van der Waals surface area contributed by atoms with E-state index < -0.39 is 5.97 Å². The first-order valence-electron chi connectivity index (χ1n) is 5.74. The van der Waals surface area contributed by atoms with E-state index in [-0.39, 0.29) is 5.84 Å². The standard InChI is InChI=1S/C14H14N2O2S/c1-9-5-6-11(10(2)8-9)14(17)18-16-13(15)12-4-3-7-19-12/h3-8H,1-2H3,(H2,15,16). The number of amidine groups is 1. The van der Waals surface area contributed by atoms with Gasteiger partial charge in [-0.1, -0.05) is 28.9 Å². The molecule has 0 aliphatic rings. The van der Waals surface area contributed by atoms with Gasteiger partial charge in [-0.25, -0.2) is 4.79 Å². The van der Waals surface area contributed by atoms with Gasteiger partial charge < -0.3 is 10.6 Å². The number of benzene rings is 1. The molecule has 0 saturated heterocycles. The number of thiophene rings is 1. The third-order valence-corrected chi connectivity index (χ3v) is 3.49. The summed E-state index contributed by atoms with van der Waals surface area (Å²) < 4.78 is 0. The van der Waals surface area contributed by atoms with Crippen LogP contribution in [-0.4, -0.2) is 11.8 Å². The van der Waals surface area contributed by atoms with Crippen LogP contribution >= 0.6 is 11.3 Å². The minimum Gasteiger partial charge on any atom is -0.380 e. The monoisotopic (exact) mass is 274 g/mol. The van der Waals surface area contributed by atoms with Crippen molar-refractivity contribution in [1.82, 2.24) is 0 Å². The molecular weight excluding hydrogens is 260 g/mol.